The molecule has 2 heterocycles. The van der Waals surface area contributed by atoms with Crippen molar-refractivity contribution in [3.05, 3.63) is 28.0 Å². The monoisotopic (exact) mass is 268 g/mol. The van der Waals surface area contributed by atoms with E-state index in [1.165, 1.54) is 12.1 Å². The van der Waals surface area contributed by atoms with Gasteiger partial charge < -0.3 is 9.52 Å². The standard InChI is InChI=1S/C12H16N2O5/c15-12(16)10-4-2-1-3-7-13(10)8-9-5-6-11(19-9)14(17)18/h5-6,10H,1-4,7-8H2,(H,15,16). The van der Waals surface area contributed by atoms with Gasteiger partial charge >= 0.3 is 11.9 Å². The topological polar surface area (TPSA) is 96.8 Å². The van der Waals surface area contributed by atoms with Crippen LogP contribution >= 0.6 is 0 Å². The molecule has 0 spiro atoms. The Morgan fingerprint density at radius 1 is 1.47 bits per heavy atom. The number of furan rings is 1. The molecule has 1 aromatic heterocycles. The second-order valence-electron chi connectivity index (χ2n) is 4.67. The van der Waals surface area contributed by atoms with E-state index in [1.807, 2.05) is 4.90 Å². The van der Waals surface area contributed by atoms with Crippen LogP contribution < -0.4 is 0 Å². The number of carboxylic acids is 1. The first-order valence-corrected chi connectivity index (χ1v) is 6.28. The van der Waals surface area contributed by atoms with E-state index in [9.17, 15) is 20.0 Å². The number of carboxylic acid groups (broad SMARTS) is 1. The third-order valence-corrected chi connectivity index (χ3v) is 3.34. The highest BCUT2D eigenvalue weighted by molar-refractivity contribution is 5.73. The van der Waals surface area contributed by atoms with Crippen molar-refractivity contribution in [3.63, 3.8) is 0 Å². The number of nitro groups is 1. The summed E-state index contributed by atoms with van der Waals surface area (Å²) >= 11 is 0. The number of aliphatic carboxylic acids is 1. The van der Waals surface area contributed by atoms with E-state index in [2.05, 4.69) is 0 Å². The van der Waals surface area contributed by atoms with Crippen LogP contribution in [0.3, 0.4) is 0 Å². The number of likely N-dealkylation sites (tertiary alicyclic amines) is 1. The van der Waals surface area contributed by atoms with E-state index in [4.69, 9.17) is 4.42 Å². The van der Waals surface area contributed by atoms with Gasteiger partial charge in [0.05, 0.1) is 12.6 Å². The molecule has 1 aliphatic heterocycles. The van der Waals surface area contributed by atoms with Crippen LogP contribution in [-0.2, 0) is 11.3 Å². The van der Waals surface area contributed by atoms with Crippen molar-refractivity contribution in [2.75, 3.05) is 6.54 Å². The summed E-state index contributed by atoms with van der Waals surface area (Å²) in [4.78, 5) is 23.0. The summed E-state index contributed by atoms with van der Waals surface area (Å²) in [5.41, 5.74) is 0. The minimum absolute atomic E-state index is 0.296. The highest BCUT2D eigenvalue weighted by Gasteiger charge is 2.28. The lowest BCUT2D eigenvalue weighted by molar-refractivity contribution is -0.402. The minimum atomic E-state index is -0.844. The zero-order valence-electron chi connectivity index (χ0n) is 10.4. The Labute approximate surface area is 110 Å². The van der Waals surface area contributed by atoms with Gasteiger partial charge in [0.25, 0.3) is 0 Å². The predicted octanol–water partition coefficient (Wildman–Crippen LogP) is 2.02. The Morgan fingerprint density at radius 2 is 2.26 bits per heavy atom. The van der Waals surface area contributed by atoms with Crippen molar-refractivity contribution in [2.45, 2.75) is 38.3 Å². The number of hydrogen-bond donors (Lipinski definition) is 1. The van der Waals surface area contributed by atoms with Gasteiger partial charge in [0.1, 0.15) is 16.7 Å². The van der Waals surface area contributed by atoms with Crippen LogP contribution in [-0.4, -0.2) is 33.5 Å². The van der Waals surface area contributed by atoms with Gasteiger partial charge in [-0.3, -0.25) is 19.8 Å². The van der Waals surface area contributed by atoms with Gasteiger partial charge in [-0.05, 0) is 25.5 Å². The minimum Gasteiger partial charge on any atom is -0.480 e. The van der Waals surface area contributed by atoms with Crippen LogP contribution in [0.1, 0.15) is 31.4 Å². The van der Waals surface area contributed by atoms with E-state index < -0.39 is 16.9 Å². The SMILES string of the molecule is O=C(O)C1CCCCCN1Cc1ccc([N+](=O)[O-])o1. The largest absolute Gasteiger partial charge is 0.480 e. The number of rotatable bonds is 4. The number of nitrogens with zero attached hydrogens (tertiary/aromatic N) is 2. The average Bonchev–Trinajstić information content (AvgIpc) is 2.68. The fourth-order valence-electron chi connectivity index (χ4n) is 2.39. The summed E-state index contributed by atoms with van der Waals surface area (Å²) in [6.07, 6.45) is 3.45. The fraction of sp³-hybridized carbons (Fsp3) is 0.583. The quantitative estimate of drug-likeness (QED) is 0.662. The van der Waals surface area contributed by atoms with Crippen LogP contribution in [0, 0.1) is 10.1 Å². The van der Waals surface area contributed by atoms with E-state index in [0.29, 0.717) is 25.3 Å². The lowest BCUT2D eigenvalue weighted by Crippen LogP contribution is -2.40. The highest BCUT2D eigenvalue weighted by atomic mass is 16.6. The number of carbonyl (C=O) groups is 1. The molecule has 104 valence electrons. The molecule has 7 heteroatoms. The van der Waals surface area contributed by atoms with Crippen LogP contribution in [0.25, 0.3) is 0 Å². The average molecular weight is 268 g/mol. The zero-order chi connectivity index (χ0) is 13.8. The van der Waals surface area contributed by atoms with Crippen molar-refractivity contribution < 1.29 is 19.2 Å². The van der Waals surface area contributed by atoms with Crippen molar-refractivity contribution in [1.29, 1.82) is 0 Å². The Kier molecular flexibility index (Phi) is 4.16. The lowest BCUT2D eigenvalue weighted by Gasteiger charge is -2.25. The van der Waals surface area contributed by atoms with Gasteiger partial charge in [0.15, 0.2) is 0 Å². The third-order valence-electron chi connectivity index (χ3n) is 3.34. The smallest absolute Gasteiger partial charge is 0.433 e. The van der Waals surface area contributed by atoms with E-state index in [-0.39, 0.29) is 5.88 Å². The van der Waals surface area contributed by atoms with Gasteiger partial charge in [0.2, 0.25) is 0 Å². The molecule has 1 N–H and O–H groups in total. The summed E-state index contributed by atoms with van der Waals surface area (Å²) in [6, 6.07) is 2.29. The highest BCUT2D eigenvalue weighted by Crippen LogP contribution is 2.22. The van der Waals surface area contributed by atoms with Gasteiger partial charge in [-0.2, -0.15) is 0 Å². The molecule has 1 fully saturated rings. The second kappa shape index (κ2) is 5.83. The molecule has 0 bridgehead atoms. The summed E-state index contributed by atoms with van der Waals surface area (Å²) in [5.74, 6) is -0.723. The van der Waals surface area contributed by atoms with Crippen molar-refractivity contribution in [2.24, 2.45) is 0 Å². The first-order valence-electron chi connectivity index (χ1n) is 6.28. The van der Waals surface area contributed by atoms with E-state index in [1.54, 1.807) is 0 Å². The van der Waals surface area contributed by atoms with Crippen molar-refractivity contribution in [3.8, 4) is 0 Å². The van der Waals surface area contributed by atoms with E-state index >= 15 is 0 Å². The van der Waals surface area contributed by atoms with Crippen LogP contribution in [0.5, 0.6) is 0 Å². The molecule has 0 saturated carbocycles. The Bertz CT molecular complexity index is 470. The van der Waals surface area contributed by atoms with Crippen LogP contribution in [0.4, 0.5) is 5.88 Å². The maximum atomic E-state index is 11.2. The molecule has 2 rings (SSSR count). The molecular weight excluding hydrogens is 252 g/mol. The molecule has 19 heavy (non-hydrogen) atoms. The molecular formula is C12H16N2O5. The van der Waals surface area contributed by atoms with Crippen LogP contribution in [0.15, 0.2) is 16.5 Å². The molecule has 0 radical (unpaired) electrons. The molecule has 0 amide bonds. The number of hydrogen-bond acceptors (Lipinski definition) is 5. The molecule has 0 aliphatic carbocycles. The van der Waals surface area contributed by atoms with Gasteiger partial charge in [-0.15, -0.1) is 0 Å². The normalized spacial score (nSPS) is 20.9. The maximum Gasteiger partial charge on any atom is 0.433 e. The summed E-state index contributed by atoms with van der Waals surface area (Å²) in [5, 5.41) is 19.8. The maximum absolute atomic E-state index is 11.2. The Balaban J connectivity index is 2.09. The second-order valence-corrected chi connectivity index (χ2v) is 4.67. The van der Waals surface area contributed by atoms with Gasteiger partial charge in [0, 0.05) is 0 Å². The zero-order valence-corrected chi connectivity index (χ0v) is 10.4. The van der Waals surface area contributed by atoms with Crippen LogP contribution in [0.2, 0.25) is 0 Å². The molecule has 1 atom stereocenters. The first kappa shape index (κ1) is 13.5. The Morgan fingerprint density at radius 3 is 2.89 bits per heavy atom. The summed E-state index contributed by atoms with van der Waals surface area (Å²) in [6.45, 7) is 0.969. The van der Waals surface area contributed by atoms with Crippen molar-refractivity contribution >= 4 is 11.9 Å². The Hall–Kier alpha value is -1.89. The predicted molar refractivity (Wildman–Crippen MR) is 65.7 cm³/mol. The third kappa shape index (κ3) is 3.31. The molecule has 0 aromatic carbocycles. The van der Waals surface area contributed by atoms with Crippen molar-refractivity contribution in [1.82, 2.24) is 4.90 Å². The fourth-order valence-corrected chi connectivity index (χ4v) is 2.39. The van der Waals surface area contributed by atoms with E-state index in [0.717, 1.165) is 19.3 Å². The molecule has 1 aliphatic rings. The summed E-state index contributed by atoms with van der Waals surface area (Å²) < 4.78 is 5.08. The molecule has 1 unspecified atom stereocenters. The lowest BCUT2D eigenvalue weighted by atomic mass is 10.1. The van der Waals surface area contributed by atoms with Gasteiger partial charge in [-0.1, -0.05) is 12.8 Å². The molecule has 7 nitrogen and oxygen atoms in total. The summed E-state index contributed by atoms with van der Waals surface area (Å²) in [7, 11) is 0. The molecule has 1 aromatic rings. The first-order chi connectivity index (χ1) is 9.08. The van der Waals surface area contributed by atoms with Gasteiger partial charge in [-0.25, -0.2) is 0 Å². The molecule has 1 saturated heterocycles.